The number of likely N-dealkylation sites (tertiary alicyclic amines) is 1. The Kier molecular flexibility index (Phi) is 4.97. The van der Waals surface area contributed by atoms with E-state index in [0.29, 0.717) is 24.1 Å². The Morgan fingerprint density at radius 1 is 1.19 bits per heavy atom. The second kappa shape index (κ2) is 7.53. The van der Waals surface area contributed by atoms with Crippen LogP contribution >= 0.6 is 11.3 Å². The van der Waals surface area contributed by atoms with Gasteiger partial charge in [0.05, 0.1) is 5.92 Å². The zero-order chi connectivity index (χ0) is 17.9. The van der Waals surface area contributed by atoms with Crippen molar-refractivity contribution < 1.29 is 9.59 Å². The Morgan fingerprint density at radius 3 is 2.73 bits per heavy atom. The minimum absolute atomic E-state index is 0.0258. The third-order valence-corrected chi connectivity index (χ3v) is 6.18. The van der Waals surface area contributed by atoms with Crippen LogP contribution in [-0.4, -0.2) is 33.5 Å². The molecule has 1 saturated heterocycles. The molecule has 2 aliphatic rings. The van der Waals surface area contributed by atoms with E-state index < -0.39 is 0 Å². The first-order valence-corrected chi connectivity index (χ1v) is 9.96. The molecule has 1 aromatic carbocycles. The number of anilines is 1. The van der Waals surface area contributed by atoms with Crippen molar-refractivity contribution >= 4 is 28.3 Å². The lowest BCUT2D eigenvalue weighted by molar-refractivity contribution is -0.128. The van der Waals surface area contributed by atoms with Crippen LogP contribution in [-0.2, 0) is 16.1 Å². The average Bonchev–Trinajstić information content (AvgIpc) is 3.38. The van der Waals surface area contributed by atoms with Gasteiger partial charge < -0.3 is 10.2 Å². The van der Waals surface area contributed by atoms with Crippen LogP contribution in [0, 0.1) is 5.92 Å². The molecule has 1 aliphatic heterocycles. The summed E-state index contributed by atoms with van der Waals surface area (Å²) in [4.78, 5) is 26.5. The van der Waals surface area contributed by atoms with E-state index in [-0.39, 0.29) is 24.2 Å². The maximum atomic E-state index is 12.5. The maximum absolute atomic E-state index is 12.5. The molecular weight excluding hydrogens is 348 g/mol. The number of carbonyl (C=O) groups excluding carboxylic acids is 2. The number of hydrogen-bond donors (Lipinski definition) is 1. The summed E-state index contributed by atoms with van der Waals surface area (Å²) >= 11 is 1.47. The number of aromatic nitrogens is 2. The molecule has 6 nitrogen and oxygen atoms in total. The van der Waals surface area contributed by atoms with E-state index in [0.717, 1.165) is 23.4 Å². The van der Waals surface area contributed by atoms with E-state index >= 15 is 0 Å². The van der Waals surface area contributed by atoms with Crippen molar-refractivity contribution in [2.75, 3.05) is 11.9 Å². The predicted octanol–water partition coefficient (Wildman–Crippen LogP) is 3.18. The molecule has 1 saturated carbocycles. The minimum atomic E-state index is -0.329. The third kappa shape index (κ3) is 3.77. The molecule has 26 heavy (non-hydrogen) atoms. The van der Waals surface area contributed by atoms with Crippen LogP contribution in [0.3, 0.4) is 0 Å². The quantitative estimate of drug-likeness (QED) is 0.877. The number of amides is 2. The Labute approximate surface area is 156 Å². The van der Waals surface area contributed by atoms with Crippen molar-refractivity contribution in [3.8, 4) is 0 Å². The van der Waals surface area contributed by atoms with E-state index in [4.69, 9.17) is 0 Å². The lowest BCUT2D eigenvalue weighted by Crippen LogP contribution is -2.28. The highest BCUT2D eigenvalue weighted by Crippen LogP contribution is 2.36. The molecule has 1 N–H and O–H groups in total. The standard InChI is InChI=1S/C19H22N4O2S/c24-16-10-15(12-23(16)11-13-6-2-1-3-7-13)17(25)20-19-22-21-18(26-19)14-8-4-5-9-14/h1-3,6-7,14-15H,4-5,8-12H2,(H,20,22,25). The average molecular weight is 370 g/mol. The molecule has 1 unspecified atom stereocenters. The predicted molar refractivity (Wildman–Crippen MR) is 99.7 cm³/mol. The molecule has 2 aromatic rings. The fraction of sp³-hybridized carbons (Fsp3) is 0.474. The number of nitrogens with one attached hydrogen (secondary N) is 1. The number of benzene rings is 1. The molecule has 0 bridgehead atoms. The van der Waals surface area contributed by atoms with Crippen LogP contribution in [0.4, 0.5) is 5.13 Å². The van der Waals surface area contributed by atoms with Crippen molar-refractivity contribution in [2.24, 2.45) is 5.92 Å². The van der Waals surface area contributed by atoms with Gasteiger partial charge in [0.25, 0.3) is 0 Å². The summed E-state index contributed by atoms with van der Waals surface area (Å²) in [6.07, 6.45) is 5.07. The fourth-order valence-corrected chi connectivity index (χ4v) is 4.65. The fourth-order valence-electron chi connectivity index (χ4n) is 3.73. The van der Waals surface area contributed by atoms with Gasteiger partial charge in [-0.05, 0) is 18.4 Å². The first-order chi connectivity index (χ1) is 12.7. The van der Waals surface area contributed by atoms with Gasteiger partial charge in [0, 0.05) is 25.4 Å². The lowest BCUT2D eigenvalue weighted by Gasteiger charge is -2.16. The molecular formula is C19H22N4O2S. The zero-order valence-electron chi connectivity index (χ0n) is 14.6. The van der Waals surface area contributed by atoms with E-state index in [1.165, 1.54) is 24.2 Å². The monoisotopic (exact) mass is 370 g/mol. The van der Waals surface area contributed by atoms with Crippen LogP contribution in [0.2, 0.25) is 0 Å². The molecule has 2 amide bonds. The summed E-state index contributed by atoms with van der Waals surface area (Å²) in [5, 5.41) is 12.8. The van der Waals surface area contributed by atoms with Gasteiger partial charge in [-0.15, -0.1) is 10.2 Å². The molecule has 136 valence electrons. The molecule has 0 radical (unpaired) electrons. The molecule has 7 heteroatoms. The normalized spacial score (nSPS) is 20.7. The summed E-state index contributed by atoms with van der Waals surface area (Å²) in [7, 11) is 0. The Bertz CT molecular complexity index is 786. The number of carbonyl (C=O) groups is 2. The lowest BCUT2D eigenvalue weighted by atomic mass is 10.1. The summed E-state index contributed by atoms with van der Waals surface area (Å²) in [6.45, 7) is 1.00. The number of hydrogen-bond acceptors (Lipinski definition) is 5. The number of rotatable bonds is 5. The SMILES string of the molecule is O=C(Nc1nnc(C2CCCC2)s1)C1CC(=O)N(Cc2ccccc2)C1. The first-order valence-electron chi connectivity index (χ1n) is 9.15. The van der Waals surface area contributed by atoms with Crippen LogP contribution in [0.5, 0.6) is 0 Å². The van der Waals surface area contributed by atoms with Crippen molar-refractivity contribution in [2.45, 2.75) is 44.6 Å². The molecule has 1 aromatic heterocycles. The van der Waals surface area contributed by atoms with Crippen LogP contribution in [0.25, 0.3) is 0 Å². The maximum Gasteiger partial charge on any atom is 0.231 e. The smallest absolute Gasteiger partial charge is 0.231 e. The van der Waals surface area contributed by atoms with E-state index in [2.05, 4.69) is 15.5 Å². The molecule has 0 spiro atoms. The Hall–Kier alpha value is -2.28. The van der Waals surface area contributed by atoms with Crippen molar-refractivity contribution in [1.82, 2.24) is 15.1 Å². The van der Waals surface area contributed by atoms with Gasteiger partial charge in [0.15, 0.2) is 0 Å². The highest BCUT2D eigenvalue weighted by atomic mass is 32.1. The Balaban J connectivity index is 1.34. The van der Waals surface area contributed by atoms with Gasteiger partial charge in [0.2, 0.25) is 16.9 Å². The zero-order valence-corrected chi connectivity index (χ0v) is 15.4. The van der Waals surface area contributed by atoms with Gasteiger partial charge in [-0.25, -0.2) is 0 Å². The first kappa shape index (κ1) is 17.1. The summed E-state index contributed by atoms with van der Waals surface area (Å²) in [5.74, 6) is 0.0542. The summed E-state index contributed by atoms with van der Waals surface area (Å²) in [5.41, 5.74) is 1.08. The second-order valence-corrected chi connectivity index (χ2v) is 8.09. The van der Waals surface area contributed by atoms with Gasteiger partial charge in [0.1, 0.15) is 5.01 Å². The number of nitrogens with zero attached hydrogens (tertiary/aromatic N) is 3. The van der Waals surface area contributed by atoms with Crippen LogP contribution in [0.1, 0.15) is 48.6 Å². The topological polar surface area (TPSA) is 75.2 Å². The molecule has 4 rings (SSSR count). The second-order valence-electron chi connectivity index (χ2n) is 7.08. The third-order valence-electron chi connectivity index (χ3n) is 5.18. The van der Waals surface area contributed by atoms with Gasteiger partial charge in [-0.2, -0.15) is 0 Å². The molecule has 1 atom stereocenters. The highest BCUT2D eigenvalue weighted by molar-refractivity contribution is 7.15. The summed E-state index contributed by atoms with van der Waals surface area (Å²) in [6, 6.07) is 9.85. The van der Waals surface area contributed by atoms with Crippen LogP contribution < -0.4 is 5.32 Å². The van der Waals surface area contributed by atoms with Crippen molar-refractivity contribution in [3.05, 3.63) is 40.9 Å². The van der Waals surface area contributed by atoms with E-state index in [1.807, 2.05) is 30.3 Å². The largest absolute Gasteiger partial charge is 0.338 e. The van der Waals surface area contributed by atoms with E-state index in [9.17, 15) is 9.59 Å². The van der Waals surface area contributed by atoms with E-state index in [1.54, 1.807) is 4.90 Å². The minimum Gasteiger partial charge on any atom is -0.338 e. The van der Waals surface area contributed by atoms with Gasteiger partial charge >= 0.3 is 0 Å². The van der Waals surface area contributed by atoms with Gasteiger partial charge in [-0.3, -0.25) is 9.59 Å². The molecule has 2 heterocycles. The van der Waals surface area contributed by atoms with Crippen molar-refractivity contribution in [1.29, 1.82) is 0 Å². The highest BCUT2D eigenvalue weighted by Gasteiger charge is 2.34. The summed E-state index contributed by atoms with van der Waals surface area (Å²) < 4.78 is 0. The molecule has 1 aliphatic carbocycles. The Morgan fingerprint density at radius 2 is 1.96 bits per heavy atom. The molecule has 2 fully saturated rings. The van der Waals surface area contributed by atoms with Crippen molar-refractivity contribution in [3.63, 3.8) is 0 Å². The van der Waals surface area contributed by atoms with Gasteiger partial charge in [-0.1, -0.05) is 54.5 Å². The van der Waals surface area contributed by atoms with Crippen LogP contribution in [0.15, 0.2) is 30.3 Å².